The van der Waals surface area contributed by atoms with Gasteiger partial charge in [0.15, 0.2) is 10.8 Å². The van der Waals surface area contributed by atoms with E-state index in [0.717, 1.165) is 47.4 Å². The minimum Gasteiger partial charge on any atom is -0.356 e. The van der Waals surface area contributed by atoms with Crippen molar-refractivity contribution in [3.8, 4) is 0 Å². The van der Waals surface area contributed by atoms with Gasteiger partial charge in [-0.3, -0.25) is 4.79 Å². The molecule has 1 saturated heterocycles. The fourth-order valence-corrected chi connectivity index (χ4v) is 5.08. The molecule has 4 rings (SSSR count). The summed E-state index contributed by atoms with van der Waals surface area (Å²) >= 11 is 1.56. The first-order valence-electron chi connectivity index (χ1n) is 11.5. The Bertz CT molecular complexity index is 842. The van der Waals surface area contributed by atoms with Crippen molar-refractivity contribution in [2.75, 3.05) is 30.8 Å². The highest BCUT2D eigenvalue weighted by atomic mass is 32.2. The molecule has 7 nitrogen and oxygen atoms in total. The number of anilines is 1. The maximum Gasteiger partial charge on any atom is 0.220 e. The number of piperidine rings is 1. The minimum atomic E-state index is 0.158. The van der Waals surface area contributed by atoms with Crippen LogP contribution in [0.3, 0.4) is 0 Å². The van der Waals surface area contributed by atoms with Gasteiger partial charge in [-0.25, -0.2) is 14.6 Å². The van der Waals surface area contributed by atoms with Crippen LogP contribution in [-0.2, 0) is 11.3 Å². The third-order valence-corrected chi connectivity index (χ3v) is 6.99. The van der Waals surface area contributed by atoms with Gasteiger partial charge in [0.1, 0.15) is 5.82 Å². The van der Waals surface area contributed by atoms with Crippen LogP contribution in [0.15, 0.2) is 11.4 Å². The van der Waals surface area contributed by atoms with E-state index in [-0.39, 0.29) is 5.91 Å². The third kappa shape index (κ3) is 5.25. The first-order valence-corrected chi connectivity index (χ1v) is 12.8. The van der Waals surface area contributed by atoms with E-state index in [2.05, 4.69) is 15.3 Å². The van der Waals surface area contributed by atoms with Crippen molar-refractivity contribution in [2.24, 2.45) is 5.92 Å². The summed E-state index contributed by atoms with van der Waals surface area (Å²) < 4.78 is 1.91. The lowest BCUT2D eigenvalue weighted by Crippen LogP contribution is -2.30. The quantitative estimate of drug-likeness (QED) is 0.504. The fraction of sp³-hybridized carbons (Fsp3) is 0.727. The molecule has 2 aromatic rings. The Kier molecular flexibility index (Phi) is 7.47. The van der Waals surface area contributed by atoms with Gasteiger partial charge in [-0.05, 0) is 37.9 Å². The van der Waals surface area contributed by atoms with E-state index < -0.39 is 0 Å². The molecular weight excluding hydrogens is 396 g/mol. The molecule has 1 aliphatic heterocycles. The highest BCUT2D eigenvalue weighted by molar-refractivity contribution is 7.98. The topological polar surface area (TPSA) is 75.9 Å². The van der Waals surface area contributed by atoms with E-state index >= 15 is 0 Å². The van der Waals surface area contributed by atoms with Crippen LogP contribution in [0.2, 0.25) is 0 Å². The Balaban J connectivity index is 1.36. The molecule has 0 bridgehead atoms. The molecule has 0 unspecified atom stereocenters. The van der Waals surface area contributed by atoms with Crippen molar-refractivity contribution in [2.45, 2.75) is 75.9 Å². The lowest BCUT2D eigenvalue weighted by molar-refractivity contribution is -0.121. The number of aromatic nitrogens is 4. The summed E-state index contributed by atoms with van der Waals surface area (Å²) in [7, 11) is 0. The highest BCUT2D eigenvalue weighted by Crippen LogP contribution is 2.29. The number of hydrogen-bond donors (Lipinski definition) is 1. The van der Waals surface area contributed by atoms with Crippen LogP contribution in [0.25, 0.3) is 11.0 Å². The van der Waals surface area contributed by atoms with E-state index in [0.29, 0.717) is 19.5 Å². The third-order valence-electron chi connectivity index (χ3n) is 6.44. The number of rotatable bonds is 8. The van der Waals surface area contributed by atoms with Crippen molar-refractivity contribution < 1.29 is 4.79 Å². The summed E-state index contributed by atoms with van der Waals surface area (Å²) in [6.07, 6.45) is 15.9. The van der Waals surface area contributed by atoms with Crippen molar-refractivity contribution in [1.29, 1.82) is 0 Å². The predicted molar refractivity (Wildman–Crippen MR) is 122 cm³/mol. The maximum atomic E-state index is 12.3. The number of carbonyl (C=O) groups is 1. The molecule has 2 fully saturated rings. The number of hydrogen-bond acceptors (Lipinski definition) is 6. The van der Waals surface area contributed by atoms with Crippen LogP contribution < -0.4 is 10.2 Å². The number of nitrogens with one attached hydrogen (secondary N) is 1. The molecule has 1 aliphatic carbocycles. The highest BCUT2D eigenvalue weighted by Gasteiger charge is 2.20. The molecule has 2 aromatic heterocycles. The molecular formula is C22H34N6OS. The summed E-state index contributed by atoms with van der Waals surface area (Å²) in [4.78, 5) is 24.1. The number of amides is 1. The van der Waals surface area contributed by atoms with Gasteiger partial charge in [-0.1, -0.05) is 43.9 Å². The number of fused-ring (bicyclic) bond motifs is 1. The number of carbonyl (C=O) groups excluding carboxylic acids is 1. The van der Waals surface area contributed by atoms with Crippen LogP contribution in [0.5, 0.6) is 0 Å². The largest absolute Gasteiger partial charge is 0.356 e. The zero-order valence-electron chi connectivity index (χ0n) is 18.1. The van der Waals surface area contributed by atoms with Crippen molar-refractivity contribution in [1.82, 2.24) is 25.1 Å². The molecule has 8 heteroatoms. The number of nitrogens with zero attached hydrogens (tertiary/aromatic N) is 5. The molecule has 1 saturated carbocycles. The maximum absolute atomic E-state index is 12.3. The van der Waals surface area contributed by atoms with E-state index in [1.54, 1.807) is 11.8 Å². The summed E-state index contributed by atoms with van der Waals surface area (Å²) in [5.74, 6) is 1.91. The normalized spacial score (nSPS) is 18.1. The van der Waals surface area contributed by atoms with Crippen molar-refractivity contribution in [3.05, 3.63) is 6.20 Å². The number of thioether (sulfide) groups is 1. The van der Waals surface area contributed by atoms with Crippen LogP contribution in [0, 0.1) is 5.92 Å². The van der Waals surface area contributed by atoms with E-state index in [4.69, 9.17) is 9.97 Å². The smallest absolute Gasteiger partial charge is 0.220 e. The first kappa shape index (κ1) is 21.4. The van der Waals surface area contributed by atoms with Crippen LogP contribution in [-0.4, -0.2) is 51.5 Å². The standard InChI is InChI=1S/C22H34N6OS/c1-30-22-25-20(27-13-6-3-7-14-27)18-16-24-28(21(18)26-22)15-12-23-19(29)11-10-17-8-4-2-5-9-17/h16-17H,2-15H2,1H3,(H,23,29). The molecule has 2 aliphatic rings. The Hall–Kier alpha value is -1.83. The summed E-state index contributed by atoms with van der Waals surface area (Å²) in [5.41, 5.74) is 0.867. The summed E-state index contributed by atoms with van der Waals surface area (Å²) in [5, 5.41) is 9.43. The zero-order valence-corrected chi connectivity index (χ0v) is 18.9. The first-order chi connectivity index (χ1) is 14.7. The molecule has 1 N–H and O–H groups in total. The zero-order chi connectivity index (χ0) is 20.8. The lowest BCUT2D eigenvalue weighted by atomic mass is 9.86. The average molecular weight is 431 g/mol. The SMILES string of the molecule is CSc1nc(N2CCCCC2)c2cnn(CCNC(=O)CCC3CCCCC3)c2n1. The second kappa shape index (κ2) is 10.5. The predicted octanol–water partition coefficient (Wildman–Crippen LogP) is 4.02. The monoisotopic (exact) mass is 430 g/mol. The molecule has 164 valence electrons. The molecule has 1 amide bonds. The fourth-order valence-electron chi connectivity index (χ4n) is 4.72. The van der Waals surface area contributed by atoms with Gasteiger partial charge in [0.05, 0.1) is 18.1 Å². The Labute approximate surface area is 183 Å². The lowest BCUT2D eigenvalue weighted by Gasteiger charge is -2.28. The average Bonchev–Trinajstić information content (AvgIpc) is 3.21. The second-order valence-corrected chi connectivity index (χ2v) is 9.35. The minimum absolute atomic E-state index is 0.158. The van der Waals surface area contributed by atoms with Gasteiger partial charge in [-0.15, -0.1) is 0 Å². The molecule has 30 heavy (non-hydrogen) atoms. The van der Waals surface area contributed by atoms with Gasteiger partial charge in [0, 0.05) is 26.1 Å². The van der Waals surface area contributed by atoms with Crippen molar-refractivity contribution >= 4 is 34.5 Å². The molecule has 0 aromatic carbocycles. The van der Waals surface area contributed by atoms with Gasteiger partial charge >= 0.3 is 0 Å². The van der Waals surface area contributed by atoms with E-state index in [1.807, 2.05) is 17.1 Å². The van der Waals surface area contributed by atoms with Gasteiger partial charge in [0.25, 0.3) is 0 Å². The van der Waals surface area contributed by atoms with Crippen LogP contribution in [0.1, 0.15) is 64.2 Å². The molecule has 3 heterocycles. The Morgan fingerprint density at radius 3 is 2.67 bits per heavy atom. The second-order valence-electron chi connectivity index (χ2n) is 8.58. The van der Waals surface area contributed by atoms with Gasteiger partial charge in [0.2, 0.25) is 5.91 Å². The van der Waals surface area contributed by atoms with Crippen molar-refractivity contribution in [3.63, 3.8) is 0 Å². The molecule has 0 radical (unpaired) electrons. The summed E-state index contributed by atoms with van der Waals surface area (Å²) in [6, 6.07) is 0. The molecule has 0 spiro atoms. The molecule has 0 atom stereocenters. The van der Waals surface area contributed by atoms with E-state index in [9.17, 15) is 4.79 Å². The van der Waals surface area contributed by atoms with Gasteiger partial charge < -0.3 is 10.2 Å². The Morgan fingerprint density at radius 2 is 1.90 bits per heavy atom. The van der Waals surface area contributed by atoms with Crippen LogP contribution in [0.4, 0.5) is 5.82 Å². The summed E-state index contributed by atoms with van der Waals surface area (Å²) in [6.45, 7) is 3.30. The Morgan fingerprint density at radius 1 is 1.13 bits per heavy atom. The van der Waals surface area contributed by atoms with Gasteiger partial charge in [-0.2, -0.15) is 5.10 Å². The van der Waals surface area contributed by atoms with E-state index in [1.165, 1.54) is 51.4 Å². The van der Waals surface area contributed by atoms with Crippen LogP contribution >= 0.6 is 11.8 Å².